The first-order valence-corrected chi connectivity index (χ1v) is 10.2. The Bertz CT molecular complexity index is 1080. The van der Waals surface area contributed by atoms with Gasteiger partial charge < -0.3 is 10.4 Å². The van der Waals surface area contributed by atoms with E-state index in [1.54, 1.807) is 36.7 Å². The van der Waals surface area contributed by atoms with E-state index in [1.807, 2.05) is 16.9 Å². The number of rotatable bonds is 7. The summed E-state index contributed by atoms with van der Waals surface area (Å²) < 4.78 is 1.91. The number of nitriles is 1. The summed E-state index contributed by atoms with van der Waals surface area (Å²) >= 11 is 0. The fourth-order valence-electron chi connectivity index (χ4n) is 4.03. The highest BCUT2D eigenvalue weighted by Gasteiger charge is 2.27. The second-order valence-electron chi connectivity index (χ2n) is 7.58. The highest BCUT2D eigenvalue weighted by Crippen LogP contribution is 2.36. The number of amides is 1. The Morgan fingerprint density at radius 3 is 2.68 bits per heavy atom. The second kappa shape index (κ2) is 9.26. The summed E-state index contributed by atoms with van der Waals surface area (Å²) in [7, 11) is 0. The number of hydrogen-bond donors (Lipinski definition) is 3. The Labute approximate surface area is 179 Å². The van der Waals surface area contributed by atoms with Gasteiger partial charge in [0.05, 0.1) is 30.4 Å². The Hall–Kier alpha value is -3.93. The van der Waals surface area contributed by atoms with Crippen LogP contribution in [0.5, 0.6) is 0 Å². The summed E-state index contributed by atoms with van der Waals surface area (Å²) in [6.45, 7) is 0. The van der Waals surface area contributed by atoms with E-state index in [9.17, 15) is 10.1 Å². The predicted molar refractivity (Wildman–Crippen MR) is 116 cm³/mol. The molecule has 1 atom stereocenters. The van der Waals surface area contributed by atoms with E-state index in [4.69, 9.17) is 5.11 Å². The van der Waals surface area contributed by atoms with Crippen molar-refractivity contribution in [3.8, 4) is 17.3 Å². The van der Waals surface area contributed by atoms with Gasteiger partial charge in [0.2, 0.25) is 5.95 Å². The Morgan fingerprint density at radius 2 is 1.97 bits per heavy atom. The first-order chi connectivity index (χ1) is 15.1. The van der Waals surface area contributed by atoms with E-state index < -0.39 is 6.09 Å². The molecule has 0 aliphatic heterocycles. The van der Waals surface area contributed by atoms with Crippen LogP contribution in [0.2, 0.25) is 0 Å². The molecule has 9 heteroatoms. The largest absolute Gasteiger partial charge is 0.465 e. The average molecular weight is 417 g/mol. The van der Waals surface area contributed by atoms with Crippen molar-refractivity contribution >= 4 is 23.4 Å². The molecule has 1 fully saturated rings. The van der Waals surface area contributed by atoms with Crippen LogP contribution in [0.25, 0.3) is 11.3 Å². The summed E-state index contributed by atoms with van der Waals surface area (Å²) in [5, 5.41) is 28.0. The van der Waals surface area contributed by atoms with Crippen LogP contribution in [-0.4, -0.2) is 30.9 Å². The van der Waals surface area contributed by atoms with Gasteiger partial charge in [-0.05, 0) is 49.1 Å². The first kappa shape index (κ1) is 20.3. The molecular weight excluding hydrogens is 394 g/mol. The molecule has 0 bridgehead atoms. The first-order valence-electron chi connectivity index (χ1n) is 10.2. The number of aromatic nitrogens is 4. The number of carboxylic acid groups (broad SMARTS) is 1. The molecule has 1 amide bonds. The number of anilines is 3. The molecule has 3 N–H and O–H groups in total. The average Bonchev–Trinajstić information content (AvgIpc) is 3.46. The lowest BCUT2D eigenvalue weighted by Gasteiger charge is -2.21. The van der Waals surface area contributed by atoms with Gasteiger partial charge in [0.15, 0.2) is 0 Å². The van der Waals surface area contributed by atoms with Crippen molar-refractivity contribution in [1.29, 1.82) is 5.26 Å². The number of nitrogens with one attached hydrogen (secondary N) is 2. The van der Waals surface area contributed by atoms with E-state index in [2.05, 4.69) is 31.8 Å². The van der Waals surface area contributed by atoms with Crippen LogP contribution in [0.3, 0.4) is 0 Å². The van der Waals surface area contributed by atoms with Gasteiger partial charge in [-0.25, -0.2) is 14.8 Å². The quantitative estimate of drug-likeness (QED) is 0.502. The zero-order chi connectivity index (χ0) is 21.6. The molecule has 2 aromatic heterocycles. The molecule has 4 rings (SSSR count). The fraction of sp³-hybridized carbons (Fsp3) is 0.318. The molecule has 31 heavy (non-hydrogen) atoms. The second-order valence-corrected chi connectivity index (χ2v) is 7.58. The van der Waals surface area contributed by atoms with Gasteiger partial charge in [0.25, 0.3) is 0 Å². The van der Waals surface area contributed by atoms with Crippen molar-refractivity contribution in [3.63, 3.8) is 0 Å². The summed E-state index contributed by atoms with van der Waals surface area (Å²) in [5.41, 5.74) is 2.82. The van der Waals surface area contributed by atoms with Gasteiger partial charge in [-0.2, -0.15) is 10.4 Å². The number of carbonyl (C=O) groups is 1. The highest BCUT2D eigenvalue weighted by atomic mass is 16.4. The molecule has 3 aromatic rings. The molecule has 1 aliphatic carbocycles. The van der Waals surface area contributed by atoms with Crippen molar-refractivity contribution in [2.24, 2.45) is 5.92 Å². The maximum atomic E-state index is 10.7. The molecule has 1 unspecified atom stereocenters. The van der Waals surface area contributed by atoms with Gasteiger partial charge >= 0.3 is 6.09 Å². The smallest absolute Gasteiger partial charge is 0.409 e. The lowest BCUT2D eigenvalue weighted by molar-refractivity contribution is 0.209. The monoisotopic (exact) mass is 417 g/mol. The maximum Gasteiger partial charge on any atom is 0.409 e. The zero-order valence-corrected chi connectivity index (χ0v) is 16.9. The van der Waals surface area contributed by atoms with Gasteiger partial charge in [0.1, 0.15) is 0 Å². The van der Waals surface area contributed by atoms with Crippen molar-refractivity contribution in [2.45, 2.75) is 38.1 Å². The minimum atomic E-state index is -1.11. The van der Waals surface area contributed by atoms with Crippen LogP contribution < -0.4 is 10.6 Å². The molecule has 1 aliphatic rings. The lowest BCUT2D eigenvalue weighted by atomic mass is 9.96. The van der Waals surface area contributed by atoms with Crippen molar-refractivity contribution in [3.05, 3.63) is 48.9 Å². The normalized spacial score (nSPS) is 14.7. The van der Waals surface area contributed by atoms with Crippen LogP contribution in [-0.2, 0) is 0 Å². The predicted octanol–water partition coefficient (Wildman–Crippen LogP) is 4.82. The van der Waals surface area contributed by atoms with E-state index in [0.29, 0.717) is 24.0 Å². The standard InChI is InChI=1S/C22H23N7O2/c23-11-9-20(15-3-1-2-4-15)29-14-16(13-25-29)19-10-12-24-21(28-19)26-17-5-7-18(8-6-17)27-22(30)31/h5-8,10,12-15,20,27H,1-4,9H2,(H,30,31)(H,24,26,28). The van der Waals surface area contributed by atoms with Crippen molar-refractivity contribution in [2.75, 3.05) is 10.6 Å². The third-order valence-corrected chi connectivity index (χ3v) is 5.53. The van der Waals surface area contributed by atoms with E-state index in [-0.39, 0.29) is 6.04 Å². The van der Waals surface area contributed by atoms with Gasteiger partial charge in [-0.15, -0.1) is 0 Å². The Kier molecular flexibility index (Phi) is 6.08. The number of benzene rings is 1. The highest BCUT2D eigenvalue weighted by molar-refractivity contribution is 5.83. The third kappa shape index (κ3) is 4.98. The van der Waals surface area contributed by atoms with Gasteiger partial charge in [0, 0.05) is 29.3 Å². The number of hydrogen-bond acceptors (Lipinski definition) is 6. The van der Waals surface area contributed by atoms with Gasteiger partial charge in [-0.3, -0.25) is 10.00 Å². The minimum absolute atomic E-state index is 0.0959. The van der Waals surface area contributed by atoms with E-state index in [1.165, 1.54) is 12.8 Å². The van der Waals surface area contributed by atoms with E-state index in [0.717, 1.165) is 29.8 Å². The van der Waals surface area contributed by atoms with Crippen molar-refractivity contribution in [1.82, 2.24) is 19.7 Å². The lowest BCUT2D eigenvalue weighted by Crippen LogP contribution is -2.17. The molecule has 1 saturated carbocycles. The summed E-state index contributed by atoms with van der Waals surface area (Å²) in [4.78, 5) is 19.5. The third-order valence-electron chi connectivity index (χ3n) is 5.53. The minimum Gasteiger partial charge on any atom is -0.465 e. The zero-order valence-electron chi connectivity index (χ0n) is 16.9. The Balaban J connectivity index is 1.49. The molecular formula is C22H23N7O2. The van der Waals surface area contributed by atoms with E-state index >= 15 is 0 Å². The maximum absolute atomic E-state index is 10.7. The molecule has 1 aromatic carbocycles. The van der Waals surface area contributed by atoms with Crippen LogP contribution in [0, 0.1) is 17.2 Å². The van der Waals surface area contributed by atoms with Crippen LogP contribution in [0.15, 0.2) is 48.9 Å². The van der Waals surface area contributed by atoms with Crippen LogP contribution >= 0.6 is 0 Å². The number of nitrogens with zero attached hydrogens (tertiary/aromatic N) is 5. The molecule has 0 spiro atoms. The Morgan fingerprint density at radius 1 is 1.23 bits per heavy atom. The van der Waals surface area contributed by atoms with Crippen LogP contribution in [0.4, 0.5) is 22.1 Å². The summed E-state index contributed by atoms with van der Waals surface area (Å²) in [6, 6.07) is 11.0. The van der Waals surface area contributed by atoms with Crippen LogP contribution in [0.1, 0.15) is 38.1 Å². The van der Waals surface area contributed by atoms with Gasteiger partial charge in [-0.1, -0.05) is 12.8 Å². The summed E-state index contributed by atoms with van der Waals surface area (Å²) in [6.07, 6.45) is 9.47. The fourth-order valence-corrected chi connectivity index (χ4v) is 4.03. The molecule has 2 heterocycles. The van der Waals surface area contributed by atoms with Crippen molar-refractivity contribution < 1.29 is 9.90 Å². The molecule has 0 saturated heterocycles. The molecule has 9 nitrogen and oxygen atoms in total. The molecule has 0 radical (unpaired) electrons. The topological polar surface area (TPSA) is 129 Å². The summed E-state index contributed by atoms with van der Waals surface area (Å²) in [5.74, 6) is 0.919. The SMILES string of the molecule is N#CCC(C1CCCC1)n1cc(-c2ccnc(Nc3ccc(NC(=O)O)cc3)n2)cn1. The molecule has 158 valence electrons.